The third-order valence-electron chi connectivity index (χ3n) is 2.35. The highest BCUT2D eigenvalue weighted by molar-refractivity contribution is 14.1. The molecule has 0 amide bonds. The molecule has 0 spiro atoms. The molecule has 1 aromatic carbocycles. The van der Waals surface area contributed by atoms with E-state index >= 15 is 0 Å². The van der Waals surface area contributed by atoms with Crippen molar-refractivity contribution in [1.29, 1.82) is 0 Å². The zero-order chi connectivity index (χ0) is 14.0. The monoisotopic (exact) mass is 389 g/mol. The Morgan fingerprint density at radius 3 is 2.79 bits per heavy atom. The van der Waals surface area contributed by atoms with Crippen LogP contribution >= 0.6 is 34.2 Å². The Bertz CT molecular complexity index is 649. The number of halogens is 2. The van der Waals surface area contributed by atoms with E-state index in [1.807, 2.05) is 12.1 Å². The van der Waals surface area contributed by atoms with E-state index in [1.54, 1.807) is 6.07 Å². The van der Waals surface area contributed by atoms with Gasteiger partial charge >= 0.3 is 5.97 Å². The third kappa shape index (κ3) is 3.27. The van der Waals surface area contributed by atoms with Gasteiger partial charge in [-0.05, 0) is 46.9 Å². The Morgan fingerprint density at radius 2 is 2.16 bits per heavy atom. The van der Waals surface area contributed by atoms with E-state index in [4.69, 9.17) is 22.4 Å². The van der Waals surface area contributed by atoms with Gasteiger partial charge in [-0.15, -0.1) is 0 Å². The van der Waals surface area contributed by atoms with Crippen LogP contribution in [0.5, 0.6) is 0 Å². The van der Waals surface area contributed by atoms with Crippen LogP contribution in [0, 0.1) is 3.57 Å². The van der Waals surface area contributed by atoms with Crippen LogP contribution in [0.4, 0.5) is 17.2 Å². The van der Waals surface area contributed by atoms with Gasteiger partial charge in [0.1, 0.15) is 0 Å². The zero-order valence-corrected chi connectivity index (χ0v) is 12.4. The minimum atomic E-state index is -1.07. The van der Waals surface area contributed by atoms with Crippen molar-refractivity contribution in [2.24, 2.45) is 0 Å². The van der Waals surface area contributed by atoms with Crippen molar-refractivity contribution in [2.75, 3.05) is 11.1 Å². The van der Waals surface area contributed by atoms with Crippen molar-refractivity contribution in [2.45, 2.75) is 0 Å². The Hall–Kier alpha value is -1.54. The van der Waals surface area contributed by atoms with Gasteiger partial charge < -0.3 is 16.2 Å². The summed E-state index contributed by atoms with van der Waals surface area (Å²) in [5.41, 5.74) is 6.71. The van der Waals surface area contributed by atoms with Gasteiger partial charge in [-0.2, -0.15) is 0 Å². The summed E-state index contributed by atoms with van der Waals surface area (Å²) in [6, 6.07) is 6.82. The Labute approximate surface area is 127 Å². The predicted molar refractivity (Wildman–Crippen MR) is 83.1 cm³/mol. The summed E-state index contributed by atoms with van der Waals surface area (Å²) in [7, 11) is 0. The van der Waals surface area contributed by atoms with E-state index < -0.39 is 5.97 Å². The van der Waals surface area contributed by atoms with Gasteiger partial charge in [0.25, 0.3) is 0 Å². The van der Waals surface area contributed by atoms with Gasteiger partial charge in [-0.3, -0.25) is 0 Å². The fourth-order valence-electron chi connectivity index (χ4n) is 1.42. The molecule has 1 aromatic heterocycles. The number of carboxylic acids is 1. The number of nitrogens with one attached hydrogen (secondary N) is 1. The van der Waals surface area contributed by atoms with Crippen LogP contribution in [0.3, 0.4) is 0 Å². The number of aromatic carboxylic acids is 1. The van der Waals surface area contributed by atoms with Crippen molar-refractivity contribution < 1.29 is 9.90 Å². The lowest BCUT2D eigenvalue weighted by Gasteiger charge is -2.10. The lowest BCUT2D eigenvalue weighted by molar-refractivity contribution is 0.0696. The third-order valence-corrected chi connectivity index (χ3v) is 3.35. The molecule has 0 aliphatic heterocycles. The zero-order valence-electron chi connectivity index (χ0n) is 9.52. The Kier molecular flexibility index (Phi) is 4.11. The van der Waals surface area contributed by atoms with E-state index in [1.165, 1.54) is 12.3 Å². The second kappa shape index (κ2) is 5.62. The standard InChI is InChI=1S/C12H9ClIN3O2/c13-8-2-1-7(14)4-10(8)17-11-9(15)3-6(5-16-11)12(18)19/h1-5H,15H2,(H,16,17)(H,18,19). The number of carboxylic acid groups (broad SMARTS) is 1. The van der Waals surface area contributed by atoms with Crippen molar-refractivity contribution in [3.63, 3.8) is 0 Å². The van der Waals surface area contributed by atoms with Crippen molar-refractivity contribution >= 4 is 57.4 Å². The highest BCUT2D eigenvalue weighted by Crippen LogP contribution is 2.28. The molecule has 0 aliphatic rings. The lowest BCUT2D eigenvalue weighted by atomic mass is 10.2. The van der Waals surface area contributed by atoms with Crippen molar-refractivity contribution in [3.05, 3.63) is 44.6 Å². The number of anilines is 3. The fourth-order valence-corrected chi connectivity index (χ4v) is 2.08. The first-order chi connectivity index (χ1) is 8.97. The maximum atomic E-state index is 10.8. The quantitative estimate of drug-likeness (QED) is 0.701. The maximum Gasteiger partial charge on any atom is 0.337 e. The second-order valence-electron chi connectivity index (χ2n) is 3.72. The second-order valence-corrected chi connectivity index (χ2v) is 5.37. The number of nitrogen functional groups attached to an aromatic ring is 1. The van der Waals surface area contributed by atoms with Crippen LogP contribution in [0.25, 0.3) is 0 Å². The molecular weight excluding hydrogens is 381 g/mol. The molecule has 5 nitrogen and oxygen atoms in total. The van der Waals surface area contributed by atoms with E-state index in [2.05, 4.69) is 32.9 Å². The average molecular weight is 390 g/mol. The summed E-state index contributed by atoms with van der Waals surface area (Å²) in [4.78, 5) is 14.8. The number of nitrogens with two attached hydrogens (primary N) is 1. The van der Waals surface area contributed by atoms with Crippen LogP contribution in [-0.2, 0) is 0 Å². The first-order valence-electron chi connectivity index (χ1n) is 5.18. The molecule has 7 heteroatoms. The predicted octanol–water partition coefficient (Wildman–Crippen LogP) is 3.36. The number of carbonyl (C=O) groups is 1. The SMILES string of the molecule is Nc1cc(C(=O)O)cnc1Nc1cc(I)ccc1Cl. The molecule has 19 heavy (non-hydrogen) atoms. The minimum absolute atomic E-state index is 0.0387. The molecule has 0 radical (unpaired) electrons. The summed E-state index contributed by atoms with van der Waals surface area (Å²) in [6.07, 6.45) is 1.24. The molecule has 0 unspecified atom stereocenters. The fraction of sp³-hybridized carbons (Fsp3) is 0. The van der Waals surface area contributed by atoms with E-state index in [0.29, 0.717) is 16.5 Å². The number of benzene rings is 1. The number of aromatic nitrogens is 1. The molecule has 0 atom stereocenters. The number of nitrogens with zero attached hydrogens (tertiary/aromatic N) is 1. The van der Waals surface area contributed by atoms with Gasteiger partial charge in [-0.25, -0.2) is 9.78 Å². The summed E-state index contributed by atoms with van der Waals surface area (Å²) in [5.74, 6) is -0.702. The molecule has 4 N–H and O–H groups in total. The van der Waals surface area contributed by atoms with Crippen molar-refractivity contribution in [1.82, 2.24) is 4.98 Å². The number of hydrogen-bond acceptors (Lipinski definition) is 4. The normalized spacial score (nSPS) is 10.2. The van der Waals surface area contributed by atoms with Gasteiger partial charge in [0.05, 0.1) is 22.0 Å². The van der Waals surface area contributed by atoms with Crippen LogP contribution in [-0.4, -0.2) is 16.1 Å². The summed E-state index contributed by atoms with van der Waals surface area (Å²) >= 11 is 8.21. The topological polar surface area (TPSA) is 88.2 Å². The Balaban J connectivity index is 2.33. The smallest absolute Gasteiger partial charge is 0.337 e. The summed E-state index contributed by atoms with van der Waals surface area (Å²) in [5, 5.41) is 12.3. The first kappa shape index (κ1) is 13.9. The molecule has 0 bridgehead atoms. The average Bonchev–Trinajstić information content (AvgIpc) is 2.36. The largest absolute Gasteiger partial charge is 0.478 e. The number of hydrogen-bond donors (Lipinski definition) is 3. The van der Waals surface area contributed by atoms with Gasteiger partial charge in [0.15, 0.2) is 5.82 Å². The van der Waals surface area contributed by atoms with E-state index in [-0.39, 0.29) is 11.3 Å². The summed E-state index contributed by atoms with van der Waals surface area (Å²) < 4.78 is 1.00. The maximum absolute atomic E-state index is 10.8. The van der Waals surface area contributed by atoms with Crippen LogP contribution in [0.1, 0.15) is 10.4 Å². The Morgan fingerprint density at radius 1 is 1.42 bits per heavy atom. The molecule has 2 rings (SSSR count). The molecule has 0 saturated carbocycles. The van der Waals surface area contributed by atoms with E-state index in [9.17, 15) is 4.79 Å². The van der Waals surface area contributed by atoms with Gasteiger partial charge in [-0.1, -0.05) is 11.6 Å². The molecule has 0 saturated heterocycles. The summed E-state index contributed by atoms with van der Waals surface area (Å²) in [6.45, 7) is 0. The van der Waals surface area contributed by atoms with E-state index in [0.717, 1.165) is 3.57 Å². The van der Waals surface area contributed by atoms with Gasteiger partial charge in [0, 0.05) is 9.77 Å². The molecule has 0 fully saturated rings. The van der Waals surface area contributed by atoms with Crippen LogP contribution < -0.4 is 11.1 Å². The highest BCUT2D eigenvalue weighted by atomic mass is 127. The minimum Gasteiger partial charge on any atom is -0.478 e. The molecular formula is C12H9ClIN3O2. The molecule has 0 aliphatic carbocycles. The van der Waals surface area contributed by atoms with Crippen LogP contribution in [0.15, 0.2) is 30.5 Å². The number of rotatable bonds is 3. The van der Waals surface area contributed by atoms with Crippen molar-refractivity contribution in [3.8, 4) is 0 Å². The molecule has 2 aromatic rings. The lowest BCUT2D eigenvalue weighted by Crippen LogP contribution is -2.04. The molecule has 98 valence electrons. The first-order valence-corrected chi connectivity index (χ1v) is 6.64. The van der Waals surface area contributed by atoms with Gasteiger partial charge in [0.2, 0.25) is 0 Å². The number of pyridine rings is 1. The molecule has 1 heterocycles. The highest BCUT2D eigenvalue weighted by Gasteiger charge is 2.09. The van der Waals surface area contributed by atoms with Crippen LogP contribution in [0.2, 0.25) is 5.02 Å².